The summed E-state index contributed by atoms with van der Waals surface area (Å²) in [7, 11) is 3.56. The van der Waals surface area contributed by atoms with E-state index in [9.17, 15) is 4.79 Å². The highest BCUT2D eigenvalue weighted by molar-refractivity contribution is 6.04. The zero-order chi connectivity index (χ0) is 20.6. The number of pyridine rings is 1. The molecule has 0 atom stereocenters. The summed E-state index contributed by atoms with van der Waals surface area (Å²) in [5.74, 6) is 0.616. The zero-order valence-electron chi connectivity index (χ0n) is 16.6. The summed E-state index contributed by atoms with van der Waals surface area (Å²) in [5, 5.41) is 9.93. The predicted octanol–water partition coefficient (Wildman–Crippen LogP) is 4.12. The Kier molecular flexibility index (Phi) is 6.76. The van der Waals surface area contributed by atoms with E-state index in [0.29, 0.717) is 12.2 Å². The van der Waals surface area contributed by atoms with Gasteiger partial charge < -0.3 is 14.7 Å². The van der Waals surface area contributed by atoms with E-state index >= 15 is 0 Å². The van der Waals surface area contributed by atoms with E-state index in [1.54, 1.807) is 19.3 Å². The fraction of sp³-hybridized carbons (Fsp3) is 0.167. The van der Waals surface area contributed by atoms with Gasteiger partial charge in [0.2, 0.25) is 5.78 Å². The van der Waals surface area contributed by atoms with Crippen LogP contribution in [0.5, 0.6) is 5.75 Å². The summed E-state index contributed by atoms with van der Waals surface area (Å²) >= 11 is 0. The summed E-state index contributed by atoms with van der Waals surface area (Å²) in [4.78, 5) is 18.8. The third-order valence-corrected chi connectivity index (χ3v) is 4.57. The van der Waals surface area contributed by atoms with E-state index in [1.807, 2.05) is 72.6 Å². The number of benzene rings is 2. The smallest absolute Gasteiger partial charge is 0.204 e. The number of rotatable bonds is 8. The van der Waals surface area contributed by atoms with E-state index in [0.717, 1.165) is 27.9 Å². The van der Waals surface area contributed by atoms with Crippen molar-refractivity contribution in [1.29, 1.82) is 0 Å². The molecule has 2 aromatic carbocycles. The number of fused-ring (bicyclic) bond motifs is 1. The van der Waals surface area contributed by atoms with E-state index in [2.05, 4.69) is 4.98 Å². The number of nitrogens with zero attached hydrogens (tertiary/aromatic N) is 2. The number of aliphatic hydroxyl groups excluding tert-OH is 1. The lowest BCUT2D eigenvalue weighted by molar-refractivity contribution is 0.104. The van der Waals surface area contributed by atoms with Gasteiger partial charge in [0, 0.05) is 24.7 Å². The first kappa shape index (κ1) is 20.3. The number of methoxy groups -OCH3 is 1. The Bertz CT molecular complexity index is 1040. The second-order valence-corrected chi connectivity index (χ2v) is 6.57. The number of aliphatic hydroxyl groups is 1. The Morgan fingerprint density at radius 1 is 1.10 bits per heavy atom. The van der Waals surface area contributed by atoms with Gasteiger partial charge in [-0.1, -0.05) is 36.4 Å². The van der Waals surface area contributed by atoms with Crippen molar-refractivity contribution in [2.45, 2.75) is 0 Å². The van der Waals surface area contributed by atoms with Crippen molar-refractivity contribution in [3.8, 4) is 5.75 Å². The monoisotopic (exact) mass is 388 g/mol. The minimum Gasteiger partial charge on any atom is -0.497 e. The molecule has 0 aliphatic rings. The molecule has 3 rings (SSSR count). The number of anilines is 1. The van der Waals surface area contributed by atoms with Crippen LogP contribution in [-0.2, 0) is 0 Å². The molecule has 0 fully saturated rings. The molecule has 0 radical (unpaired) electrons. The average molecular weight is 388 g/mol. The summed E-state index contributed by atoms with van der Waals surface area (Å²) < 4.78 is 5.21. The molecule has 29 heavy (non-hydrogen) atoms. The summed E-state index contributed by atoms with van der Waals surface area (Å²) in [6, 6.07) is 17.1. The molecule has 3 aromatic rings. The molecular formula is C24H24N2O3. The van der Waals surface area contributed by atoms with Crippen molar-refractivity contribution in [2.24, 2.45) is 0 Å². The van der Waals surface area contributed by atoms with Gasteiger partial charge in [-0.15, -0.1) is 0 Å². The van der Waals surface area contributed by atoms with E-state index in [1.165, 1.54) is 6.08 Å². The van der Waals surface area contributed by atoms with E-state index < -0.39 is 0 Å². The summed E-state index contributed by atoms with van der Waals surface area (Å²) in [6.45, 7) is 0.716. The number of carbonyl (C=O) groups excluding carboxylic acids is 1. The minimum absolute atomic E-state index is 0.122. The number of hydrogen-bond donors (Lipinski definition) is 1. The van der Waals surface area contributed by atoms with E-state index in [4.69, 9.17) is 9.84 Å². The second-order valence-electron chi connectivity index (χ2n) is 6.57. The van der Waals surface area contributed by atoms with Gasteiger partial charge in [0.25, 0.3) is 0 Å². The Morgan fingerprint density at radius 2 is 1.90 bits per heavy atom. The number of ether oxygens (including phenoxy) is 1. The lowest BCUT2D eigenvalue weighted by Gasteiger charge is -2.17. The van der Waals surface area contributed by atoms with Crippen molar-refractivity contribution >= 4 is 28.4 Å². The van der Waals surface area contributed by atoms with Gasteiger partial charge in [-0.05, 0) is 48.0 Å². The van der Waals surface area contributed by atoms with Gasteiger partial charge in [0.1, 0.15) is 11.4 Å². The fourth-order valence-electron chi connectivity index (χ4n) is 2.88. The largest absolute Gasteiger partial charge is 0.497 e. The first-order chi connectivity index (χ1) is 14.1. The van der Waals surface area contributed by atoms with Gasteiger partial charge in [0.15, 0.2) is 0 Å². The van der Waals surface area contributed by atoms with Crippen LogP contribution in [0.15, 0.2) is 72.8 Å². The lowest BCUT2D eigenvalue weighted by atomic mass is 10.1. The van der Waals surface area contributed by atoms with Gasteiger partial charge in [-0.3, -0.25) is 4.79 Å². The Hall–Kier alpha value is -3.44. The number of ketones is 1. The molecule has 0 saturated carbocycles. The number of hydrogen-bond acceptors (Lipinski definition) is 5. The highest BCUT2D eigenvalue weighted by atomic mass is 16.5. The lowest BCUT2D eigenvalue weighted by Crippen LogP contribution is -2.20. The van der Waals surface area contributed by atoms with Gasteiger partial charge in [-0.2, -0.15) is 0 Å². The van der Waals surface area contributed by atoms with Crippen molar-refractivity contribution < 1.29 is 14.6 Å². The molecule has 1 aromatic heterocycles. The highest BCUT2D eigenvalue weighted by Crippen LogP contribution is 2.20. The molecule has 1 heterocycles. The van der Waals surface area contributed by atoms with Crippen molar-refractivity contribution in [3.63, 3.8) is 0 Å². The molecule has 148 valence electrons. The maximum Gasteiger partial charge on any atom is 0.204 e. The quantitative estimate of drug-likeness (QED) is 0.357. The molecule has 0 aliphatic carbocycles. The normalized spacial score (nSPS) is 11.4. The maximum absolute atomic E-state index is 12.4. The van der Waals surface area contributed by atoms with Crippen LogP contribution in [0.1, 0.15) is 16.1 Å². The van der Waals surface area contributed by atoms with Crippen molar-refractivity contribution in [3.05, 3.63) is 84.1 Å². The highest BCUT2D eigenvalue weighted by Gasteiger charge is 2.05. The van der Waals surface area contributed by atoms with Gasteiger partial charge in [-0.25, -0.2) is 4.98 Å². The summed E-state index contributed by atoms with van der Waals surface area (Å²) in [6.07, 6.45) is 6.99. The van der Waals surface area contributed by atoms with E-state index in [-0.39, 0.29) is 12.4 Å². The van der Waals surface area contributed by atoms with Crippen LogP contribution >= 0.6 is 0 Å². The minimum atomic E-state index is -0.145. The molecule has 0 saturated heterocycles. The fourth-order valence-corrected chi connectivity index (χ4v) is 2.88. The number of likely N-dealkylation sites (N-methyl/N-ethyl adjacent to an activating group) is 1. The standard InChI is InChI=1S/C24H24N2O3/c1-26(15-16-27)20-10-7-18(8-11-20)5-3-4-6-24(28)23-13-9-19-17-21(29-2)12-14-22(19)25-23/h3-14,17,27H,15-16H2,1-2H3. The second kappa shape index (κ2) is 9.66. The van der Waals surface area contributed by atoms with Gasteiger partial charge in [0.05, 0.1) is 19.2 Å². The van der Waals surface area contributed by atoms with Crippen LogP contribution in [-0.4, -0.2) is 43.2 Å². The van der Waals surface area contributed by atoms with Crippen molar-refractivity contribution in [1.82, 2.24) is 4.98 Å². The number of carbonyl (C=O) groups is 1. The number of allylic oxidation sites excluding steroid dienone is 3. The molecule has 0 unspecified atom stereocenters. The van der Waals surface area contributed by atoms with Crippen LogP contribution in [0.4, 0.5) is 5.69 Å². The molecule has 0 bridgehead atoms. The molecule has 0 aliphatic heterocycles. The molecule has 1 N–H and O–H groups in total. The SMILES string of the molecule is COc1ccc2nc(C(=O)C=CC=Cc3ccc(N(C)CCO)cc3)ccc2c1. The number of aromatic nitrogens is 1. The van der Waals surface area contributed by atoms with Crippen LogP contribution in [0.2, 0.25) is 0 Å². The van der Waals surface area contributed by atoms with Crippen LogP contribution < -0.4 is 9.64 Å². The summed E-state index contributed by atoms with van der Waals surface area (Å²) in [5.41, 5.74) is 3.23. The Morgan fingerprint density at radius 3 is 2.62 bits per heavy atom. The van der Waals surface area contributed by atoms with Crippen LogP contribution in [0, 0.1) is 0 Å². The first-order valence-corrected chi connectivity index (χ1v) is 9.36. The predicted molar refractivity (Wildman–Crippen MR) is 118 cm³/mol. The Labute approximate surface area is 170 Å². The van der Waals surface area contributed by atoms with Crippen molar-refractivity contribution in [2.75, 3.05) is 32.2 Å². The average Bonchev–Trinajstić information content (AvgIpc) is 2.76. The van der Waals surface area contributed by atoms with Gasteiger partial charge >= 0.3 is 0 Å². The first-order valence-electron chi connectivity index (χ1n) is 9.36. The molecule has 5 nitrogen and oxygen atoms in total. The third kappa shape index (κ3) is 5.30. The van der Waals surface area contributed by atoms with Crippen LogP contribution in [0.3, 0.4) is 0 Å². The molecule has 0 amide bonds. The molecule has 5 heteroatoms. The van der Waals surface area contributed by atoms with Crippen LogP contribution in [0.25, 0.3) is 17.0 Å². The Balaban J connectivity index is 1.63. The molecule has 0 spiro atoms. The topological polar surface area (TPSA) is 62.7 Å². The third-order valence-electron chi connectivity index (χ3n) is 4.57. The zero-order valence-corrected chi connectivity index (χ0v) is 16.6. The molecular weight excluding hydrogens is 364 g/mol. The maximum atomic E-state index is 12.4.